The van der Waals surface area contributed by atoms with Crippen molar-refractivity contribution in [3.8, 4) is 5.75 Å². The zero-order valence-electron chi connectivity index (χ0n) is 24.5. The molecule has 1 aliphatic heterocycles. The molecule has 204 valence electrons. The summed E-state index contributed by atoms with van der Waals surface area (Å²) in [6, 6.07) is 15.7. The number of ether oxygens (including phenoxy) is 1. The molecule has 0 spiro atoms. The molecule has 0 aromatic heterocycles. The van der Waals surface area contributed by atoms with Crippen LogP contribution in [-0.2, 0) is 5.41 Å². The molecule has 1 atom stereocenters. The van der Waals surface area contributed by atoms with E-state index in [2.05, 4.69) is 104 Å². The molecule has 2 aromatic carbocycles. The highest BCUT2D eigenvalue weighted by Gasteiger charge is 2.47. The third-order valence-corrected chi connectivity index (χ3v) is 8.88. The number of fused-ring (bicyclic) bond motifs is 1. The Bertz CT molecular complexity index is 1130. The van der Waals surface area contributed by atoms with Crippen molar-refractivity contribution in [2.24, 2.45) is 5.92 Å². The fraction of sp³-hybridized carbons (Fsp3) is 0.514. The van der Waals surface area contributed by atoms with E-state index in [1.807, 2.05) is 0 Å². The maximum Gasteiger partial charge on any atom is 0.210 e. The molecule has 1 aliphatic carbocycles. The van der Waals surface area contributed by atoms with Crippen LogP contribution >= 0.6 is 0 Å². The van der Waals surface area contributed by atoms with Crippen LogP contribution < -0.4 is 9.64 Å². The van der Waals surface area contributed by atoms with Crippen molar-refractivity contribution in [2.45, 2.75) is 84.5 Å². The molecular weight excluding hydrogens is 464 g/mol. The molecule has 0 amide bonds. The molecule has 3 heteroatoms. The molecule has 38 heavy (non-hydrogen) atoms. The van der Waals surface area contributed by atoms with Crippen LogP contribution in [0.3, 0.4) is 0 Å². The monoisotopic (exact) mass is 513 g/mol. The van der Waals surface area contributed by atoms with Crippen LogP contribution in [0, 0.1) is 5.92 Å². The highest BCUT2D eigenvalue weighted by molar-refractivity contribution is 6.05. The number of allylic oxidation sites excluding steroid dienone is 3. The standard InChI is InChI=1S/C35H49N2O/c1-6-9-25-35(4)32-27-31(38-5)22-23-33(32)37(26-13-12-16-28-14-10-11-15-28)34(35)24-19-29-17-20-30(21-18-29)36(7-2)8-3/h6,9,17-24,27-28H,7-8,10-16,25-26H2,1-5H3/q+1/b9-6+. The number of methoxy groups -OCH3 is 1. The lowest BCUT2D eigenvalue weighted by atomic mass is 9.76. The molecule has 1 heterocycles. The van der Waals surface area contributed by atoms with Crippen molar-refractivity contribution in [1.29, 1.82) is 0 Å². The predicted octanol–water partition coefficient (Wildman–Crippen LogP) is 8.94. The van der Waals surface area contributed by atoms with Crippen molar-refractivity contribution in [3.63, 3.8) is 0 Å². The smallest absolute Gasteiger partial charge is 0.210 e. The maximum atomic E-state index is 5.67. The zero-order chi connectivity index (χ0) is 27.0. The SMILES string of the molecule is C/C=C/CC1(C)C(/C=C/c2ccc(N(CC)CC)cc2)=[N+](CCCCC2CCCC2)c2ccc(OC)cc21. The lowest BCUT2D eigenvalue weighted by Gasteiger charge is -2.21. The minimum absolute atomic E-state index is 0.0977. The third-order valence-electron chi connectivity index (χ3n) is 8.88. The number of anilines is 1. The van der Waals surface area contributed by atoms with Gasteiger partial charge in [-0.15, -0.1) is 0 Å². The van der Waals surface area contributed by atoms with Gasteiger partial charge in [0, 0.05) is 42.9 Å². The van der Waals surface area contributed by atoms with Gasteiger partial charge in [0.1, 0.15) is 12.3 Å². The molecule has 1 saturated carbocycles. The second kappa shape index (κ2) is 13.3. The van der Waals surface area contributed by atoms with Crippen molar-refractivity contribution in [3.05, 3.63) is 71.8 Å². The quantitative estimate of drug-likeness (QED) is 0.151. The van der Waals surface area contributed by atoms with Gasteiger partial charge in [0.25, 0.3) is 0 Å². The van der Waals surface area contributed by atoms with Gasteiger partial charge in [-0.05, 0) is 82.4 Å². The van der Waals surface area contributed by atoms with Crippen LogP contribution in [0.5, 0.6) is 5.75 Å². The van der Waals surface area contributed by atoms with Crippen LogP contribution in [0.2, 0.25) is 0 Å². The van der Waals surface area contributed by atoms with E-state index in [1.54, 1.807) is 7.11 Å². The highest BCUT2D eigenvalue weighted by Crippen LogP contribution is 2.45. The van der Waals surface area contributed by atoms with E-state index >= 15 is 0 Å². The van der Waals surface area contributed by atoms with E-state index in [0.717, 1.165) is 37.7 Å². The van der Waals surface area contributed by atoms with Gasteiger partial charge in [-0.1, -0.05) is 56.4 Å². The van der Waals surface area contributed by atoms with Crippen LogP contribution in [-0.4, -0.2) is 37.0 Å². The lowest BCUT2D eigenvalue weighted by Crippen LogP contribution is -2.31. The van der Waals surface area contributed by atoms with Crippen molar-refractivity contribution < 1.29 is 9.31 Å². The van der Waals surface area contributed by atoms with E-state index in [0.29, 0.717) is 0 Å². The molecule has 1 unspecified atom stereocenters. The average Bonchev–Trinajstić information content (AvgIpc) is 3.55. The zero-order valence-corrected chi connectivity index (χ0v) is 24.5. The summed E-state index contributed by atoms with van der Waals surface area (Å²) in [6.07, 6.45) is 19.9. The second-order valence-corrected chi connectivity index (χ2v) is 11.3. The molecule has 2 aliphatic rings. The second-order valence-electron chi connectivity index (χ2n) is 11.3. The van der Waals surface area contributed by atoms with Gasteiger partial charge in [-0.3, -0.25) is 0 Å². The minimum atomic E-state index is -0.0977. The van der Waals surface area contributed by atoms with Gasteiger partial charge in [-0.25, -0.2) is 0 Å². The summed E-state index contributed by atoms with van der Waals surface area (Å²) in [7, 11) is 1.77. The summed E-state index contributed by atoms with van der Waals surface area (Å²) in [6.45, 7) is 12.1. The summed E-state index contributed by atoms with van der Waals surface area (Å²) in [5.74, 6) is 1.90. The predicted molar refractivity (Wildman–Crippen MR) is 164 cm³/mol. The molecule has 0 radical (unpaired) electrons. The number of unbranched alkanes of at least 4 members (excludes halogenated alkanes) is 1. The summed E-state index contributed by atoms with van der Waals surface area (Å²) in [5, 5.41) is 0. The lowest BCUT2D eigenvalue weighted by molar-refractivity contribution is -0.438. The minimum Gasteiger partial charge on any atom is -0.497 e. The normalized spacial score (nSPS) is 19.7. The topological polar surface area (TPSA) is 15.5 Å². The van der Waals surface area contributed by atoms with E-state index in [1.165, 1.54) is 73.2 Å². The number of benzene rings is 2. The number of nitrogens with zero attached hydrogens (tertiary/aromatic N) is 2. The molecule has 4 rings (SSSR count). The van der Waals surface area contributed by atoms with E-state index in [-0.39, 0.29) is 5.41 Å². The Hall–Kier alpha value is -2.81. The first-order valence-electron chi connectivity index (χ1n) is 15.0. The largest absolute Gasteiger partial charge is 0.497 e. The Labute approximate surface area is 231 Å². The van der Waals surface area contributed by atoms with Crippen LogP contribution in [0.1, 0.15) is 90.2 Å². The van der Waals surface area contributed by atoms with Crippen LogP contribution in [0.25, 0.3) is 6.08 Å². The van der Waals surface area contributed by atoms with Gasteiger partial charge in [0.2, 0.25) is 5.69 Å². The summed E-state index contributed by atoms with van der Waals surface area (Å²) < 4.78 is 8.28. The van der Waals surface area contributed by atoms with Gasteiger partial charge in [0.05, 0.1) is 12.5 Å². The molecular formula is C35H49N2O+. The van der Waals surface area contributed by atoms with Crippen molar-refractivity contribution >= 4 is 23.2 Å². The molecule has 1 fully saturated rings. The Morgan fingerprint density at radius 2 is 1.74 bits per heavy atom. The van der Waals surface area contributed by atoms with Crippen molar-refractivity contribution in [1.82, 2.24) is 0 Å². The van der Waals surface area contributed by atoms with Gasteiger partial charge in [-0.2, -0.15) is 4.58 Å². The fourth-order valence-corrected chi connectivity index (χ4v) is 6.53. The maximum absolute atomic E-state index is 5.67. The first-order chi connectivity index (χ1) is 18.5. The molecule has 2 aromatic rings. The Morgan fingerprint density at radius 3 is 2.39 bits per heavy atom. The Morgan fingerprint density at radius 1 is 1.00 bits per heavy atom. The summed E-state index contributed by atoms with van der Waals surface area (Å²) in [5.41, 5.74) is 6.56. The van der Waals surface area contributed by atoms with Crippen LogP contribution in [0.4, 0.5) is 11.4 Å². The van der Waals surface area contributed by atoms with Crippen molar-refractivity contribution in [2.75, 3.05) is 31.6 Å². The highest BCUT2D eigenvalue weighted by atomic mass is 16.5. The van der Waals surface area contributed by atoms with Crippen LogP contribution in [0.15, 0.2) is 60.7 Å². The van der Waals surface area contributed by atoms with E-state index in [4.69, 9.17) is 4.74 Å². The van der Waals surface area contributed by atoms with Gasteiger partial charge < -0.3 is 9.64 Å². The average molecular weight is 514 g/mol. The first-order valence-corrected chi connectivity index (χ1v) is 15.0. The summed E-state index contributed by atoms with van der Waals surface area (Å²) >= 11 is 0. The van der Waals surface area contributed by atoms with Gasteiger partial charge in [0.15, 0.2) is 5.71 Å². The van der Waals surface area contributed by atoms with E-state index in [9.17, 15) is 0 Å². The fourth-order valence-electron chi connectivity index (χ4n) is 6.53. The first kappa shape index (κ1) is 28.2. The van der Waals surface area contributed by atoms with Gasteiger partial charge >= 0.3 is 0 Å². The molecule has 0 bridgehead atoms. The Kier molecular flexibility index (Phi) is 9.88. The number of hydrogen-bond donors (Lipinski definition) is 0. The summed E-state index contributed by atoms with van der Waals surface area (Å²) in [4.78, 5) is 2.39. The molecule has 0 saturated heterocycles. The number of rotatable bonds is 13. The van der Waals surface area contributed by atoms with E-state index < -0.39 is 0 Å². The molecule has 3 nitrogen and oxygen atoms in total. The molecule has 0 N–H and O–H groups in total. The Balaban J connectivity index is 1.65. The number of hydrogen-bond acceptors (Lipinski definition) is 2. The third kappa shape index (κ3) is 6.25.